The number of terminal acetylenes is 1. The Kier molecular flexibility index (Phi) is 3.90. The van der Waals surface area contributed by atoms with Crippen LogP contribution in [0.2, 0.25) is 0 Å². The van der Waals surface area contributed by atoms with E-state index >= 15 is 0 Å². The molecule has 0 spiro atoms. The van der Waals surface area contributed by atoms with Crippen LogP contribution in [0.15, 0.2) is 17.0 Å². The first-order valence-electron chi connectivity index (χ1n) is 4.65. The van der Waals surface area contributed by atoms with Crippen molar-refractivity contribution in [2.75, 3.05) is 6.61 Å². The Morgan fingerprint density at radius 3 is 2.61 bits per heavy atom. The molecule has 0 aromatic heterocycles. The van der Waals surface area contributed by atoms with Gasteiger partial charge >= 0.3 is 0 Å². The summed E-state index contributed by atoms with van der Waals surface area (Å²) in [5.41, 5.74) is -0.118. The van der Waals surface area contributed by atoms with E-state index in [-0.39, 0.29) is 23.6 Å². The molecule has 0 bridgehead atoms. The Morgan fingerprint density at radius 1 is 1.56 bits per heavy atom. The zero-order valence-corrected chi connectivity index (χ0v) is 10.2. The highest BCUT2D eigenvalue weighted by molar-refractivity contribution is 7.89. The molecule has 1 aromatic carbocycles. The van der Waals surface area contributed by atoms with Crippen LogP contribution < -0.4 is 9.88 Å². The molecule has 0 saturated heterocycles. The number of benzene rings is 1. The quantitative estimate of drug-likeness (QED) is 0.488. The van der Waals surface area contributed by atoms with Crippen molar-refractivity contribution < 1.29 is 18.1 Å². The van der Waals surface area contributed by atoms with Gasteiger partial charge in [-0.25, -0.2) is 13.6 Å². The van der Waals surface area contributed by atoms with Crippen molar-refractivity contribution in [2.24, 2.45) is 5.14 Å². The van der Waals surface area contributed by atoms with E-state index in [1.54, 1.807) is 0 Å². The van der Waals surface area contributed by atoms with Gasteiger partial charge in [-0.3, -0.25) is 10.1 Å². The Hall–Kier alpha value is -2.11. The Bertz CT molecular complexity index is 630. The third-order valence-corrected chi connectivity index (χ3v) is 2.96. The summed E-state index contributed by atoms with van der Waals surface area (Å²) in [4.78, 5) is 9.48. The van der Waals surface area contributed by atoms with Crippen LogP contribution in [-0.2, 0) is 10.0 Å². The second-order valence-corrected chi connectivity index (χ2v) is 4.91. The van der Waals surface area contributed by atoms with Gasteiger partial charge in [0.2, 0.25) is 10.0 Å². The second kappa shape index (κ2) is 5.03. The van der Waals surface area contributed by atoms with E-state index in [1.807, 2.05) is 0 Å². The second-order valence-electron chi connectivity index (χ2n) is 3.38. The molecule has 0 unspecified atom stereocenters. The summed E-state index contributed by atoms with van der Waals surface area (Å²) >= 11 is 0. The SMILES string of the molecule is C#CCOc1c(C)cc([N+](=O)[O-])cc1S(N)(=O)=O. The molecule has 0 amide bonds. The zero-order valence-electron chi connectivity index (χ0n) is 9.41. The molecule has 8 heteroatoms. The fourth-order valence-electron chi connectivity index (χ4n) is 1.34. The molecular weight excluding hydrogens is 260 g/mol. The number of aryl methyl sites for hydroxylation is 1. The van der Waals surface area contributed by atoms with Gasteiger partial charge in [-0.2, -0.15) is 0 Å². The van der Waals surface area contributed by atoms with Crippen LogP contribution in [0.3, 0.4) is 0 Å². The molecule has 18 heavy (non-hydrogen) atoms. The molecule has 0 heterocycles. The first-order valence-corrected chi connectivity index (χ1v) is 6.20. The Balaban J connectivity index is 3.51. The van der Waals surface area contributed by atoms with Crippen LogP contribution in [0.4, 0.5) is 5.69 Å². The monoisotopic (exact) mass is 270 g/mol. The number of nitrogens with zero attached hydrogens (tertiary/aromatic N) is 1. The van der Waals surface area contributed by atoms with E-state index in [0.29, 0.717) is 0 Å². The lowest BCUT2D eigenvalue weighted by atomic mass is 10.2. The number of hydrogen-bond donors (Lipinski definition) is 1. The van der Waals surface area contributed by atoms with Crippen LogP contribution in [0.1, 0.15) is 5.56 Å². The summed E-state index contributed by atoms with van der Waals surface area (Å²) in [6, 6.07) is 2.02. The molecule has 7 nitrogen and oxygen atoms in total. The zero-order chi connectivity index (χ0) is 13.9. The highest BCUT2D eigenvalue weighted by Crippen LogP contribution is 2.31. The number of nitro groups is 1. The fourth-order valence-corrected chi connectivity index (χ4v) is 2.10. The highest BCUT2D eigenvalue weighted by Gasteiger charge is 2.22. The van der Waals surface area contributed by atoms with Gasteiger partial charge in [-0.15, -0.1) is 6.42 Å². The summed E-state index contributed by atoms with van der Waals surface area (Å²) in [7, 11) is -4.14. The fraction of sp³-hybridized carbons (Fsp3) is 0.200. The van der Waals surface area contributed by atoms with Crippen molar-refractivity contribution in [2.45, 2.75) is 11.8 Å². The first-order chi connectivity index (χ1) is 8.27. The Morgan fingerprint density at radius 2 is 2.17 bits per heavy atom. The topological polar surface area (TPSA) is 113 Å². The lowest BCUT2D eigenvalue weighted by Crippen LogP contribution is -2.15. The van der Waals surface area contributed by atoms with Crippen LogP contribution in [0, 0.1) is 29.4 Å². The molecule has 96 valence electrons. The number of sulfonamides is 1. The molecule has 0 radical (unpaired) electrons. The van der Waals surface area contributed by atoms with Crippen molar-refractivity contribution in [3.8, 4) is 18.1 Å². The minimum absolute atomic E-state index is 0.0685. The number of primary sulfonamides is 1. The smallest absolute Gasteiger partial charge is 0.271 e. The Labute approximate surface area is 104 Å². The number of rotatable bonds is 4. The molecule has 0 aliphatic rings. The lowest BCUT2D eigenvalue weighted by Gasteiger charge is -2.10. The average Bonchev–Trinajstić information content (AvgIpc) is 2.25. The maximum atomic E-state index is 11.4. The molecular formula is C10H10N2O5S. The first kappa shape index (κ1) is 14.0. The van der Waals surface area contributed by atoms with Gasteiger partial charge in [-0.05, 0) is 12.5 Å². The van der Waals surface area contributed by atoms with E-state index in [1.165, 1.54) is 13.0 Å². The van der Waals surface area contributed by atoms with Gasteiger partial charge in [0, 0.05) is 12.1 Å². The van der Waals surface area contributed by atoms with E-state index in [2.05, 4.69) is 5.92 Å². The van der Waals surface area contributed by atoms with Gasteiger partial charge in [0.15, 0.2) is 0 Å². The van der Waals surface area contributed by atoms with Crippen LogP contribution in [0.25, 0.3) is 0 Å². The summed E-state index contributed by atoms with van der Waals surface area (Å²) in [5, 5.41) is 15.6. The normalized spacial score (nSPS) is 10.7. The van der Waals surface area contributed by atoms with Crippen molar-refractivity contribution in [1.29, 1.82) is 0 Å². The van der Waals surface area contributed by atoms with Gasteiger partial charge in [0.05, 0.1) is 4.92 Å². The van der Waals surface area contributed by atoms with Gasteiger partial charge in [0.25, 0.3) is 5.69 Å². The molecule has 0 aliphatic carbocycles. The summed E-state index contributed by atoms with van der Waals surface area (Å²) in [6.45, 7) is 1.30. The van der Waals surface area contributed by atoms with E-state index in [4.69, 9.17) is 16.3 Å². The number of hydrogen-bond acceptors (Lipinski definition) is 5. The summed E-state index contributed by atoms with van der Waals surface area (Å²) < 4.78 is 27.8. The standard InChI is InChI=1S/C10H10N2O5S/c1-3-4-17-10-7(2)5-8(12(13)14)6-9(10)18(11,15)16/h1,5-6H,4H2,2H3,(H2,11,15,16). The van der Waals surface area contributed by atoms with Crippen molar-refractivity contribution in [3.63, 3.8) is 0 Å². The molecule has 1 aromatic rings. The van der Waals surface area contributed by atoms with Gasteiger partial charge < -0.3 is 4.74 Å². The van der Waals surface area contributed by atoms with Crippen LogP contribution in [-0.4, -0.2) is 19.9 Å². The average molecular weight is 270 g/mol. The number of nitro benzene ring substituents is 1. The number of ether oxygens (including phenoxy) is 1. The third-order valence-electron chi connectivity index (χ3n) is 2.04. The minimum Gasteiger partial charge on any atom is -0.479 e. The maximum absolute atomic E-state index is 11.4. The minimum atomic E-state index is -4.14. The number of nitrogens with two attached hydrogens (primary N) is 1. The van der Waals surface area contributed by atoms with Crippen molar-refractivity contribution >= 4 is 15.7 Å². The number of non-ortho nitro benzene ring substituents is 1. The van der Waals surface area contributed by atoms with Crippen LogP contribution in [0.5, 0.6) is 5.75 Å². The predicted octanol–water partition coefficient (Wildman–Crippen LogP) is 0.563. The maximum Gasteiger partial charge on any atom is 0.271 e. The largest absolute Gasteiger partial charge is 0.479 e. The lowest BCUT2D eigenvalue weighted by molar-refractivity contribution is -0.385. The molecule has 0 saturated carbocycles. The molecule has 0 atom stereocenters. The van der Waals surface area contributed by atoms with Crippen LogP contribution >= 0.6 is 0 Å². The van der Waals surface area contributed by atoms with Crippen molar-refractivity contribution in [1.82, 2.24) is 0 Å². The van der Waals surface area contributed by atoms with Gasteiger partial charge in [-0.1, -0.05) is 5.92 Å². The summed E-state index contributed by atoms with van der Waals surface area (Å²) in [5.74, 6) is 2.10. The molecule has 2 N–H and O–H groups in total. The van der Waals surface area contributed by atoms with E-state index in [0.717, 1.165) is 6.07 Å². The van der Waals surface area contributed by atoms with E-state index in [9.17, 15) is 18.5 Å². The highest BCUT2D eigenvalue weighted by atomic mass is 32.2. The third kappa shape index (κ3) is 2.97. The van der Waals surface area contributed by atoms with E-state index < -0.39 is 19.8 Å². The summed E-state index contributed by atoms with van der Waals surface area (Å²) in [6.07, 6.45) is 5.00. The van der Waals surface area contributed by atoms with Crippen molar-refractivity contribution in [3.05, 3.63) is 27.8 Å². The molecule has 1 rings (SSSR count). The predicted molar refractivity (Wildman–Crippen MR) is 63.5 cm³/mol. The molecule has 0 fully saturated rings. The van der Waals surface area contributed by atoms with Gasteiger partial charge in [0.1, 0.15) is 17.3 Å². The molecule has 0 aliphatic heterocycles.